The molecule has 2 saturated heterocycles. The van der Waals surface area contributed by atoms with Crippen LogP contribution in [0.25, 0.3) is 0 Å². The van der Waals surface area contributed by atoms with Crippen molar-refractivity contribution in [2.45, 2.75) is 18.3 Å². The van der Waals surface area contributed by atoms with Crippen LogP contribution in [0.15, 0.2) is 48.5 Å². The largest absolute Gasteiger partial charge is 0.462 e. The van der Waals surface area contributed by atoms with Crippen molar-refractivity contribution in [2.24, 2.45) is 0 Å². The van der Waals surface area contributed by atoms with E-state index in [1.807, 2.05) is 4.90 Å². The minimum absolute atomic E-state index is 0.0917. The zero-order valence-electron chi connectivity index (χ0n) is 15.0. The van der Waals surface area contributed by atoms with E-state index in [9.17, 15) is 14.0 Å². The molecule has 2 aromatic rings. The molecule has 2 aromatic carbocycles. The van der Waals surface area contributed by atoms with E-state index in [0.717, 1.165) is 5.56 Å². The molecule has 0 radical (unpaired) electrons. The van der Waals surface area contributed by atoms with Crippen molar-refractivity contribution in [3.05, 3.63) is 65.5 Å². The molecule has 8 heteroatoms. The third kappa shape index (κ3) is 3.16. The molecule has 0 aliphatic carbocycles. The second-order valence-corrected chi connectivity index (χ2v) is 7.86. The van der Waals surface area contributed by atoms with E-state index in [4.69, 9.17) is 17.0 Å². The Morgan fingerprint density at radius 2 is 1.89 bits per heavy atom. The Kier molecular flexibility index (Phi) is 5.07. The molecule has 1 amide bonds. The topological polar surface area (TPSA) is 49.9 Å². The molecule has 2 heterocycles. The molecule has 2 aliphatic rings. The number of esters is 1. The summed E-state index contributed by atoms with van der Waals surface area (Å²) in [6, 6.07) is 12.6. The lowest BCUT2D eigenvalue weighted by atomic mass is 10.2. The van der Waals surface area contributed by atoms with E-state index in [0.29, 0.717) is 28.7 Å². The molecule has 2 fully saturated rings. The van der Waals surface area contributed by atoms with Gasteiger partial charge >= 0.3 is 5.97 Å². The summed E-state index contributed by atoms with van der Waals surface area (Å²) in [5.74, 6) is -0.186. The van der Waals surface area contributed by atoms with Gasteiger partial charge in [-0.2, -0.15) is 0 Å². The third-order valence-corrected chi connectivity index (χ3v) is 6.43. The lowest BCUT2D eigenvalue weighted by Crippen LogP contribution is -2.33. The van der Waals surface area contributed by atoms with Crippen molar-refractivity contribution in [2.75, 3.05) is 17.3 Å². The molecule has 4 rings (SSSR count). The first-order valence-corrected chi connectivity index (χ1v) is 10.3. The lowest BCUT2D eigenvalue weighted by Gasteiger charge is -2.25. The Balaban J connectivity index is 1.59. The zero-order chi connectivity index (χ0) is 19.8. The van der Waals surface area contributed by atoms with Crippen molar-refractivity contribution in [1.82, 2.24) is 4.90 Å². The Morgan fingerprint density at radius 1 is 1.21 bits per heavy atom. The molecule has 0 aromatic heterocycles. The lowest BCUT2D eigenvalue weighted by molar-refractivity contribution is -0.119. The van der Waals surface area contributed by atoms with Crippen molar-refractivity contribution in [3.8, 4) is 0 Å². The summed E-state index contributed by atoms with van der Waals surface area (Å²) in [7, 11) is 0. The summed E-state index contributed by atoms with van der Waals surface area (Å²) in [6.07, 6.45) is 0. The number of nitrogens with zero attached hydrogens (tertiary/aromatic N) is 2. The molecule has 144 valence electrons. The highest BCUT2D eigenvalue weighted by Crippen LogP contribution is 2.46. The highest BCUT2D eigenvalue weighted by atomic mass is 32.2. The molecule has 28 heavy (non-hydrogen) atoms. The maximum atomic E-state index is 13.3. The maximum absolute atomic E-state index is 13.3. The minimum atomic E-state index is -0.405. The van der Waals surface area contributed by atoms with Crippen LogP contribution in [0.2, 0.25) is 0 Å². The van der Waals surface area contributed by atoms with Gasteiger partial charge in [0.15, 0.2) is 5.11 Å². The summed E-state index contributed by atoms with van der Waals surface area (Å²) < 4.78 is 18.2. The monoisotopic (exact) mass is 416 g/mol. The van der Waals surface area contributed by atoms with Crippen LogP contribution in [0, 0.1) is 5.82 Å². The van der Waals surface area contributed by atoms with E-state index in [1.165, 1.54) is 17.0 Å². The van der Waals surface area contributed by atoms with Crippen LogP contribution in [0.4, 0.5) is 10.1 Å². The normalized spacial score (nSPS) is 21.2. The van der Waals surface area contributed by atoms with Gasteiger partial charge in [-0.3, -0.25) is 9.69 Å². The number of amides is 1. The Bertz CT molecular complexity index is 933. The van der Waals surface area contributed by atoms with Crippen LogP contribution < -0.4 is 4.90 Å². The number of carbonyl (C=O) groups is 2. The molecule has 2 atom stereocenters. The fourth-order valence-electron chi connectivity index (χ4n) is 3.37. The second-order valence-electron chi connectivity index (χ2n) is 6.38. The van der Waals surface area contributed by atoms with E-state index in [1.54, 1.807) is 55.1 Å². The number of hydrogen-bond acceptors (Lipinski definition) is 5. The standard InChI is InChI=1S/C20H17FN2O3S2/c1-2-26-19(25)13-5-9-15(10-6-13)22-17(24)16-11-28-18(23(16)20(22)27)12-3-7-14(21)8-4-12/h3-10,16,18H,2,11H2,1H3/t16-,18?/m0/s1. The molecular weight excluding hydrogens is 399 g/mol. The van der Waals surface area contributed by atoms with Gasteiger partial charge in [0.2, 0.25) is 0 Å². The van der Waals surface area contributed by atoms with Gasteiger partial charge < -0.3 is 9.64 Å². The van der Waals surface area contributed by atoms with E-state index in [-0.39, 0.29) is 23.1 Å². The first kappa shape index (κ1) is 18.9. The van der Waals surface area contributed by atoms with Crippen LogP contribution in [0.3, 0.4) is 0 Å². The highest BCUT2D eigenvalue weighted by molar-refractivity contribution is 7.99. The van der Waals surface area contributed by atoms with Crippen molar-refractivity contribution in [1.29, 1.82) is 0 Å². The molecule has 5 nitrogen and oxygen atoms in total. The average molecular weight is 416 g/mol. The van der Waals surface area contributed by atoms with Gasteiger partial charge in [0.25, 0.3) is 5.91 Å². The summed E-state index contributed by atoms with van der Waals surface area (Å²) in [6.45, 7) is 2.05. The van der Waals surface area contributed by atoms with E-state index < -0.39 is 5.97 Å². The van der Waals surface area contributed by atoms with Gasteiger partial charge in [0, 0.05) is 5.75 Å². The maximum Gasteiger partial charge on any atom is 0.338 e. The van der Waals surface area contributed by atoms with Gasteiger partial charge in [-0.05, 0) is 61.1 Å². The second kappa shape index (κ2) is 7.52. The van der Waals surface area contributed by atoms with Crippen LogP contribution >= 0.6 is 24.0 Å². The van der Waals surface area contributed by atoms with Crippen molar-refractivity contribution >= 4 is 46.7 Å². The predicted octanol–water partition coefficient (Wildman–Crippen LogP) is 3.75. The number of anilines is 1. The third-order valence-electron chi connectivity index (χ3n) is 4.71. The molecule has 0 N–H and O–H groups in total. The summed E-state index contributed by atoms with van der Waals surface area (Å²) in [4.78, 5) is 28.2. The van der Waals surface area contributed by atoms with Crippen LogP contribution in [-0.2, 0) is 9.53 Å². The molecule has 0 spiro atoms. The fraction of sp³-hybridized carbons (Fsp3) is 0.250. The number of rotatable bonds is 4. The first-order valence-electron chi connectivity index (χ1n) is 8.81. The number of thioether (sulfide) groups is 1. The SMILES string of the molecule is CCOC(=O)c1ccc(N2C(=O)[C@@H]3CSC(c4ccc(F)cc4)N3C2=S)cc1. The molecule has 0 saturated carbocycles. The van der Waals surface area contributed by atoms with E-state index in [2.05, 4.69) is 0 Å². The number of carbonyl (C=O) groups excluding carboxylic acids is 2. The molecule has 0 bridgehead atoms. The minimum Gasteiger partial charge on any atom is -0.462 e. The molecule has 2 aliphatic heterocycles. The Labute approximate surface area is 171 Å². The Hall–Kier alpha value is -2.45. The number of fused-ring (bicyclic) bond motifs is 1. The fourth-order valence-corrected chi connectivity index (χ4v) is 5.29. The van der Waals surface area contributed by atoms with Crippen molar-refractivity contribution in [3.63, 3.8) is 0 Å². The quantitative estimate of drug-likeness (QED) is 0.559. The van der Waals surface area contributed by atoms with Gasteiger partial charge in [-0.25, -0.2) is 9.18 Å². The van der Waals surface area contributed by atoms with Crippen LogP contribution in [0.5, 0.6) is 0 Å². The summed E-state index contributed by atoms with van der Waals surface area (Å²) >= 11 is 7.24. The average Bonchev–Trinajstić information content (AvgIpc) is 3.23. The zero-order valence-corrected chi connectivity index (χ0v) is 16.6. The highest BCUT2D eigenvalue weighted by Gasteiger charge is 2.50. The molecule has 1 unspecified atom stereocenters. The number of ether oxygens (including phenoxy) is 1. The number of hydrogen-bond donors (Lipinski definition) is 0. The van der Waals surface area contributed by atoms with Crippen molar-refractivity contribution < 1.29 is 18.7 Å². The summed E-state index contributed by atoms with van der Waals surface area (Å²) in [5, 5.41) is 0.282. The van der Waals surface area contributed by atoms with Crippen LogP contribution in [0.1, 0.15) is 28.2 Å². The first-order chi connectivity index (χ1) is 13.5. The van der Waals surface area contributed by atoms with Gasteiger partial charge in [-0.1, -0.05) is 12.1 Å². The predicted molar refractivity (Wildman–Crippen MR) is 110 cm³/mol. The Morgan fingerprint density at radius 3 is 2.54 bits per heavy atom. The number of thiocarbonyl (C=S) groups is 1. The van der Waals surface area contributed by atoms with Gasteiger partial charge in [0.05, 0.1) is 17.9 Å². The molecular formula is C20H17FN2O3S2. The van der Waals surface area contributed by atoms with Crippen LogP contribution in [-0.4, -0.2) is 40.3 Å². The van der Waals surface area contributed by atoms with E-state index >= 15 is 0 Å². The number of benzene rings is 2. The summed E-state index contributed by atoms with van der Waals surface area (Å²) in [5.41, 5.74) is 1.94. The van der Waals surface area contributed by atoms with Gasteiger partial charge in [-0.15, -0.1) is 11.8 Å². The smallest absolute Gasteiger partial charge is 0.338 e. The van der Waals surface area contributed by atoms with Gasteiger partial charge in [0.1, 0.15) is 17.2 Å². The number of halogens is 1.